The number of amides is 1. The van der Waals surface area contributed by atoms with Gasteiger partial charge in [-0.25, -0.2) is 0 Å². The Hall–Kier alpha value is -2.56. The minimum atomic E-state index is -0.134. The third-order valence-electron chi connectivity index (χ3n) is 5.57. The molecule has 2 heterocycles. The van der Waals surface area contributed by atoms with Crippen molar-refractivity contribution in [3.8, 4) is 0 Å². The molecule has 0 bridgehead atoms. The third-order valence-corrected chi connectivity index (χ3v) is 5.57. The zero-order valence-corrected chi connectivity index (χ0v) is 16.6. The number of aromatic nitrogens is 1. The van der Waals surface area contributed by atoms with Crippen LogP contribution in [-0.4, -0.2) is 22.6 Å². The van der Waals surface area contributed by atoms with E-state index in [0.717, 1.165) is 29.7 Å². The van der Waals surface area contributed by atoms with Crippen LogP contribution in [0, 0.1) is 0 Å². The van der Waals surface area contributed by atoms with E-state index < -0.39 is 0 Å². The maximum atomic E-state index is 12.8. The Morgan fingerprint density at radius 3 is 2.74 bits per heavy atom. The first kappa shape index (κ1) is 19.2. The van der Waals surface area contributed by atoms with Gasteiger partial charge in [-0.15, -0.1) is 0 Å². The zero-order chi connectivity index (χ0) is 19.6. The van der Waals surface area contributed by atoms with E-state index in [0.29, 0.717) is 6.54 Å². The van der Waals surface area contributed by atoms with Gasteiger partial charge in [-0.2, -0.15) is 0 Å². The average Bonchev–Trinajstić information content (AvgIpc) is 2.66. The summed E-state index contributed by atoms with van der Waals surface area (Å²) < 4.78 is 1.58. The van der Waals surface area contributed by atoms with Crippen molar-refractivity contribution in [2.75, 3.05) is 4.90 Å². The predicted molar refractivity (Wildman–Crippen MR) is 109 cm³/mol. The van der Waals surface area contributed by atoms with Gasteiger partial charge in [0.1, 0.15) is 0 Å². The van der Waals surface area contributed by atoms with Crippen molar-refractivity contribution in [1.82, 2.24) is 9.88 Å². The zero-order valence-electron chi connectivity index (χ0n) is 16.6. The molecule has 3 rings (SSSR count). The number of aryl methyl sites for hydroxylation is 1. The summed E-state index contributed by atoms with van der Waals surface area (Å²) in [5.74, 6) is -0.0260. The van der Waals surface area contributed by atoms with Crippen LogP contribution in [0.25, 0.3) is 0 Å². The van der Waals surface area contributed by atoms with E-state index in [4.69, 9.17) is 0 Å². The van der Waals surface area contributed by atoms with Gasteiger partial charge in [-0.05, 0) is 49.9 Å². The van der Waals surface area contributed by atoms with E-state index in [9.17, 15) is 9.59 Å². The maximum Gasteiger partial charge on any atom is 0.250 e. The van der Waals surface area contributed by atoms with Gasteiger partial charge in [-0.3, -0.25) is 9.59 Å². The Labute approximate surface area is 161 Å². The summed E-state index contributed by atoms with van der Waals surface area (Å²) in [6.45, 7) is 6.93. The van der Waals surface area contributed by atoms with Crippen molar-refractivity contribution >= 4 is 11.6 Å². The Bertz CT molecular complexity index is 874. The molecule has 1 aromatic heterocycles. The summed E-state index contributed by atoms with van der Waals surface area (Å²) in [5.41, 5.74) is 3.14. The molecular formula is C22H29N3O2. The van der Waals surface area contributed by atoms with Crippen LogP contribution in [0.3, 0.4) is 0 Å². The summed E-state index contributed by atoms with van der Waals surface area (Å²) in [7, 11) is 1.76. The summed E-state index contributed by atoms with van der Waals surface area (Å²) in [4.78, 5) is 27.1. The molecule has 0 saturated carbocycles. The Morgan fingerprint density at radius 2 is 2.04 bits per heavy atom. The smallest absolute Gasteiger partial charge is 0.250 e. The minimum Gasteiger partial charge on any atom is -0.364 e. The number of nitrogens with zero attached hydrogens (tertiary/aromatic N) is 2. The Morgan fingerprint density at radius 1 is 1.30 bits per heavy atom. The molecule has 144 valence electrons. The van der Waals surface area contributed by atoms with Crippen LogP contribution in [0.15, 0.2) is 47.4 Å². The molecule has 1 aliphatic heterocycles. The van der Waals surface area contributed by atoms with E-state index in [1.807, 2.05) is 25.1 Å². The van der Waals surface area contributed by atoms with Gasteiger partial charge in [0.25, 0.3) is 5.56 Å². The minimum absolute atomic E-state index is 0.00347. The molecule has 27 heavy (non-hydrogen) atoms. The van der Waals surface area contributed by atoms with E-state index in [2.05, 4.69) is 36.2 Å². The highest BCUT2D eigenvalue weighted by Crippen LogP contribution is 2.39. The van der Waals surface area contributed by atoms with Crippen molar-refractivity contribution in [2.24, 2.45) is 7.05 Å². The largest absolute Gasteiger partial charge is 0.364 e. The van der Waals surface area contributed by atoms with Crippen LogP contribution in [0.2, 0.25) is 0 Å². The molecule has 1 aromatic carbocycles. The van der Waals surface area contributed by atoms with Crippen LogP contribution in [-0.2, 0) is 18.4 Å². The van der Waals surface area contributed by atoms with Gasteiger partial charge in [0.15, 0.2) is 0 Å². The van der Waals surface area contributed by atoms with Crippen molar-refractivity contribution in [2.45, 2.75) is 58.2 Å². The van der Waals surface area contributed by atoms with Crippen LogP contribution < -0.4 is 15.8 Å². The first-order valence-corrected chi connectivity index (χ1v) is 9.72. The Kier molecular flexibility index (Phi) is 5.68. The number of fused-ring (bicyclic) bond motifs is 1. The summed E-state index contributed by atoms with van der Waals surface area (Å²) in [6, 6.07) is 12.2. The van der Waals surface area contributed by atoms with Gasteiger partial charge in [0.2, 0.25) is 5.91 Å². The normalized spacial score (nSPS) is 20.1. The number of para-hydroxylation sites is 1. The summed E-state index contributed by atoms with van der Waals surface area (Å²) in [6.07, 6.45) is 3.50. The molecule has 0 aliphatic carbocycles. The molecular weight excluding hydrogens is 338 g/mol. The molecule has 0 spiro atoms. The second-order valence-corrected chi connectivity index (χ2v) is 7.63. The molecule has 2 aromatic rings. The van der Waals surface area contributed by atoms with E-state index in [-0.39, 0.29) is 29.5 Å². The van der Waals surface area contributed by atoms with Gasteiger partial charge < -0.3 is 14.8 Å². The fraction of sp³-hybridized carbons (Fsp3) is 0.455. The highest BCUT2D eigenvalue weighted by atomic mass is 16.2. The third kappa shape index (κ3) is 4.07. The molecule has 5 nitrogen and oxygen atoms in total. The van der Waals surface area contributed by atoms with Gasteiger partial charge in [0.05, 0.1) is 5.92 Å². The van der Waals surface area contributed by atoms with E-state index in [1.54, 1.807) is 23.9 Å². The summed E-state index contributed by atoms with van der Waals surface area (Å²) in [5, 5.41) is 3.14. The molecule has 1 amide bonds. The number of carbonyl (C=O) groups excluding carboxylic acids is 1. The number of hydrogen-bond donors (Lipinski definition) is 1. The van der Waals surface area contributed by atoms with Crippen LogP contribution in [0.1, 0.15) is 50.7 Å². The lowest BCUT2D eigenvalue weighted by molar-refractivity contribution is -0.123. The summed E-state index contributed by atoms with van der Waals surface area (Å²) >= 11 is 0. The SMILES string of the molecule is CCC(C)NC(=O)C1CC(C)N(Cc2ccn(C)c(=O)c2)c2ccccc21. The Balaban J connectivity index is 1.90. The highest BCUT2D eigenvalue weighted by molar-refractivity contribution is 5.87. The van der Waals surface area contributed by atoms with Crippen molar-refractivity contribution in [1.29, 1.82) is 0 Å². The molecule has 0 saturated heterocycles. The van der Waals surface area contributed by atoms with E-state index >= 15 is 0 Å². The van der Waals surface area contributed by atoms with Crippen molar-refractivity contribution < 1.29 is 4.79 Å². The number of hydrogen-bond acceptors (Lipinski definition) is 3. The standard InChI is InChI=1S/C22H29N3O2/c1-5-15(2)23-22(27)19-12-16(3)25(20-9-7-6-8-18(19)20)14-17-10-11-24(4)21(26)13-17/h6-11,13,15-16,19H,5,12,14H2,1-4H3,(H,23,27). The lowest BCUT2D eigenvalue weighted by atomic mass is 9.85. The van der Waals surface area contributed by atoms with Crippen LogP contribution >= 0.6 is 0 Å². The predicted octanol–water partition coefficient (Wildman–Crippen LogP) is 3.18. The highest BCUT2D eigenvalue weighted by Gasteiger charge is 2.34. The number of pyridine rings is 1. The molecule has 1 N–H and O–H groups in total. The first-order chi connectivity index (χ1) is 12.9. The maximum absolute atomic E-state index is 12.8. The topological polar surface area (TPSA) is 54.3 Å². The fourth-order valence-corrected chi connectivity index (χ4v) is 3.70. The van der Waals surface area contributed by atoms with Crippen LogP contribution in [0.5, 0.6) is 0 Å². The number of anilines is 1. The van der Waals surface area contributed by atoms with Crippen molar-refractivity contribution in [3.05, 3.63) is 64.1 Å². The van der Waals surface area contributed by atoms with Crippen molar-refractivity contribution in [3.63, 3.8) is 0 Å². The molecule has 3 atom stereocenters. The number of benzene rings is 1. The molecule has 3 unspecified atom stereocenters. The average molecular weight is 367 g/mol. The number of rotatable bonds is 5. The number of nitrogens with one attached hydrogen (secondary N) is 1. The van der Waals surface area contributed by atoms with Crippen LogP contribution in [0.4, 0.5) is 5.69 Å². The fourth-order valence-electron chi connectivity index (χ4n) is 3.70. The molecule has 1 aliphatic rings. The van der Waals surface area contributed by atoms with Gasteiger partial charge in [-0.1, -0.05) is 25.1 Å². The van der Waals surface area contributed by atoms with Gasteiger partial charge >= 0.3 is 0 Å². The lowest BCUT2D eigenvalue weighted by Gasteiger charge is -2.40. The molecule has 0 fully saturated rings. The van der Waals surface area contributed by atoms with E-state index in [1.165, 1.54) is 0 Å². The quantitative estimate of drug-likeness (QED) is 0.883. The first-order valence-electron chi connectivity index (χ1n) is 9.72. The molecule has 5 heteroatoms. The number of carbonyl (C=O) groups is 1. The second-order valence-electron chi connectivity index (χ2n) is 7.63. The molecule has 0 radical (unpaired) electrons. The van der Waals surface area contributed by atoms with Gasteiger partial charge in [0, 0.05) is 43.6 Å². The lowest BCUT2D eigenvalue weighted by Crippen LogP contribution is -2.44. The second kappa shape index (κ2) is 7.99. The monoisotopic (exact) mass is 367 g/mol.